The number of rotatable bonds is 2. The molecule has 1 aromatic rings. The molecule has 0 saturated heterocycles. The first-order chi connectivity index (χ1) is 8.63. The predicted octanol–water partition coefficient (Wildman–Crippen LogP) is 2.84. The first kappa shape index (κ1) is 11.8. The lowest BCUT2D eigenvalue weighted by Gasteiger charge is -2.23. The SMILES string of the molecule is Nc1ccc(Cl)cc1C(=O)NC1CC2CCC1C2. The van der Waals surface area contributed by atoms with E-state index in [4.69, 9.17) is 17.3 Å². The van der Waals surface area contributed by atoms with E-state index in [1.54, 1.807) is 18.2 Å². The van der Waals surface area contributed by atoms with Crippen LogP contribution in [-0.4, -0.2) is 11.9 Å². The monoisotopic (exact) mass is 264 g/mol. The molecular weight excluding hydrogens is 248 g/mol. The Morgan fingerprint density at radius 2 is 2.17 bits per heavy atom. The van der Waals surface area contributed by atoms with Crippen molar-refractivity contribution in [2.45, 2.75) is 31.7 Å². The van der Waals surface area contributed by atoms with Crippen LogP contribution in [0.4, 0.5) is 5.69 Å². The number of amides is 1. The summed E-state index contributed by atoms with van der Waals surface area (Å²) >= 11 is 5.90. The van der Waals surface area contributed by atoms with Crippen molar-refractivity contribution in [2.75, 3.05) is 5.73 Å². The molecule has 0 aromatic heterocycles. The molecule has 0 radical (unpaired) electrons. The van der Waals surface area contributed by atoms with Crippen LogP contribution >= 0.6 is 11.6 Å². The van der Waals surface area contributed by atoms with Gasteiger partial charge >= 0.3 is 0 Å². The van der Waals surface area contributed by atoms with Gasteiger partial charge in [-0.1, -0.05) is 18.0 Å². The highest BCUT2D eigenvalue weighted by atomic mass is 35.5. The summed E-state index contributed by atoms with van der Waals surface area (Å²) in [5.74, 6) is 1.39. The maximum Gasteiger partial charge on any atom is 0.253 e. The molecule has 2 fully saturated rings. The standard InChI is InChI=1S/C14H17ClN2O/c15-10-3-4-12(16)11(7-10)14(18)17-13-6-8-1-2-9(13)5-8/h3-4,7-9,13H,1-2,5-6,16H2,(H,17,18). The van der Waals surface area contributed by atoms with Crippen LogP contribution in [0.1, 0.15) is 36.0 Å². The minimum absolute atomic E-state index is 0.0902. The van der Waals surface area contributed by atoms with Crippen LogP contribution in [0.3, 0.4) is 0 Å². The van der Waals surface area contributed by atoms with Crippen LogP contribution in [-0.2, 0) is 0 Å². The van der Waals surface area contributed by atoms with Gasteiger partial charge in [-0.05, 0) is 49.3 Å². The van der Waals surface area contributed by atoms with E-state index in [-0.39, 0.29) is 5.91 Å². The Bertz CT molecular complexity index is 489. The molecule has 3 nitrogen and oxygen atoms in total. The molecule has 0 heterocycles. The topological polar surface area (TPSA) is 55.1 Å². The zero-order valence-corrected chi connectivity index (χ0v) is 10.9. The van der Waals surface area contributed by atoms with E-state index in [9.17, 15) is 4.79 Å². The smallest absolute Gasteiger partial charge is 0.253 e. The summed E-state index contributed by atoms with van der Waals surface area (Å²) in [7, 11) is 0. The van der Waals surface area contributed by atoms with E-state index in [0.717, 1.165) is 12.3 Å². The summed E-state index contributed by atoms with van der Waals surface area (Å²) in [6, 6.07) is 5.34. The van der Waals surface area contributed by atoms with Crippen molar-refractivity contribution < 1.29 is 4.79 Å². The quantitative estimate of drug-likeness (QED) is 0.807. The lowest BCUT2D eigenvalue weighted by molar-refractivity contribution is 0.0924. The molecule has 2 aliphatic carbocycles. The summed E-state index contributed by atoms with van der Waals surface area (Å²) in [5, 5.41) is 3.66. The minimum atomic E-state index is -0.0902. The molecule has 0 spiro atoms. The van der Waals surface area contributed by atoms with Crippen LogP contribution in [0.15, 0.2) is 18.2 Å². The Hall–Kier alpha value is -1.22. The Kier molecular flexibility index (Phi) is 2.94. The number of carbonyl (C=O) groups excluding carboxylic acids is 1. The summed E-state index contributed by atoms with van der Waals surface area (Å²) < 4.78 is 0. The first-order valence-electron chi connectivity index (χ1n) is 6.49. The Labute approximate surface area is 112 Å². The highest BCUT2D eigenvalue weighted by Crippen LogP contribution is 2.44. The van der Waals surface area contributed by atoms with Gasteiger partial charge in [-0.25, -0.2) is 0 Å². The second-order valence-electron chi connectivity index (χ2n) is 5.49. The molecule has 0 aliphatic heterocycles. The molecule has 3 rings (SSSR count). The normalized spacial score (nSPS) is 29.5. The number of nitrogen functional groups attached to an aromatic ring is 1. The number of fused-ring (bicyclic) bond motifs is 2. The summed E-state index contributed by atoms with van der Waals surface area (Å²) in [5.41, 5.74) is 6.80. The van der Waals surface area contributed by atoms with Gasteiger partial charge in [-0.15, -0.1) is 0 Å². The number of hydrogen-bond donors (Lipinski definition) is 2. The third-order valence-electron chi connectivity index (χ3n) is 4.31. The van der Waals surface area contributed by atoms with Crippen LogP contribution in [0.2, 0.25) is 5.02 Å². The van der Waals surface area contributed by atoms with Gasteiger partial charge in [0.2, 0.25) is 0 Å². The largest absolute Gasteiger partial charge is 0.398 e. The fourth-order valence-corrected chi connectivity index (χ4v) is 3.56. The van der Waals surface area contributed by atoms with Gasteiger partial charge in [0, 0.05) is 16.8 Å². The molecule has 2 aliphatic rings. The molecule has 3 atom stereocenters. The van der Waals surface area contributed by atoms with Crippen molar-refractivity contribution in [3.63, 3.8) is 0 Å². The molecule has 1 aromatic carbocycles. The van der Waals surface area contributed by atoms with Gasteiger partial charge in [0.05, 0.1) is 5.56 Å². The maximum atomic E-state index is 12.2. The van der Waals surface area contributed by atoms with Gasteiger partial charge in [-0.2, -0.15) is 0 Å². The lowest BCUT2D eigenvalue weighted by Crippen LogP contribution is -2.38. The van der Waals surface area contributed by atoms with Crippen molar-refractivity contribution in [1.29, 1.82) is 0 Å². The minimum Gasteiger partial charge on any atom is -0.398 e. The zero-order valence-electron chi connectivity index (χ0n) is 10.2. The van der Waals surface area contributed by atoms with Gasteiger partial charge in [0.25, 0.3) is 5.91 Å². The number of carbonyl (C=O) groups is 1. The summed E-state index contributed by atoms with van der Waals surface area (Å²) in [6.45, 7) is 0. The van der Waals surface area contributed by atoms with E-state index in [0.29, 0.717) is 28.2 Å². The molecule has 96 valence electrons. The van der Waals surface area contributed by atoms with Gasteiger partial charge in [0.1, 0.15) is 0 Å². The Balaban J connectivity index is 1.73. The maximum absolute atomic E-state index is 12.2. The predicted molar refractivity (Wildman–Crippen MR) is 72.6 cm³/mol. The van der Waals surface area contributed by atoms with Crippen LogP contribution in [0.5, 0.6) is 0 Å². The Morgan fingerprint density at radius 1 is 1.33 bits per heavy atom. The van der Waals surface area contributed by atoms with Crippen molar-refractivity contribution >= 4 is 23.2 Å². The molecular formula is C14H17ClN2O. The van der Waals surface area contributed by atoms with Crippen molar-refractivity contribution in [3.8, 4) is 0 Å². The van der Waals surface area contributed by atoms with Crippen LogP contribution < -0.4 is 11.1 Å². The van der Waals surface area contributed by atoms with Crippen molar-refractivity contribution in [2.24, 2.45) is 11.8 Å². The van der Waals surface area contributed by atoms with Crippen molar-refractivity contribution in [1.82, 2.24) is 5.32 Å². The van der Waals surface area contributed by atoms with Gasteiger partial charge in [-0.3, -0.25) is 4.79 Å². The van der Waals surface area contributed by atoms with E-state index in [2.05, 4.69) is 5.32 Å². The van der Waals surface area contributed by atoms with E-state index in [1.165, 1.54) is 19.3 Å². The average molecular weight is 265 g/mol. The highest BCUT2D eigenvalue weighted by molar-refractivity contribution is 6.31. The summed E-state index contributed by atoms with van der Waals surface area (Å²) in [6.07, 6.45) is 4.98. The van der Waals surface area contributed by atoms with E-state index in [1.807, 2.05) is 0 Å². The van der Waals surface area contributed by atoms with E-state index < -0.39 is 0 Å². The molecule has 4 heteroatoms. The summed E-state index contributed by atoms with van der Waals surface area (Å²) in [4.78, 5) is 12.2. The van der Waals surface area contributed by atoms with E-state index >= 15 is 0 Å². The number of anilines is 1. The van der Waals surface area contributed by atoms with Crippen LogP contribution in [0, 0.1) is 11.8 Å². The van der Waals surface area contributed by atoms with Gasteiger partial charge in [0.15, 0.2) is 0 Å². The number of halogens is 1. The first-order valence-corrected chi connectivity index (χ1v) is 6.87. The second kappa shape index (κ2) is 4.47. The highest BCUT2D eigenvalue weighted by Gasteiger charge is 2.40. The molecule has 18 heavy (non-hydrogen) atoms. The van der Waals surface area contributed by atoms with Crippen LogP contribution in [0.25, 0.3) is 0 Å². The third-order valence-corrected chi connectivity index (χ3v) is 4.55. The molecule has 1 amide bonds. The molecule has 3 unspecified atom stereocenters. The zero-order chi connectivity index (χ0) is 12.7. The molecule has 2 saturated carbocycles. The molecule has 2 bridgehead atoms. The fourth-order valence-electron chi connectivity index (χ4n) is 3.39. The lowest BCUT2D eigenvalue weighted by atomic mass is 9.95. The number of nitrogens with one attached hydrogen (secondary N) is 1. The second-order valence-corrected chi connectivity index (χ2v) is 5.92. The number of nitrogens with two attached hydrogens (primary N) is 1. The van der Waals surface area contributed by atoms with Crippen molar-refractivity contribution in [3.05, 3.63) is 28.8 Å². The molecule has 3 N–H and O–H groups in total. The van der Waals surface area contributed by atoms with Gasteiger partial charge < -0.3 is 11.1 Å². The number of hydrogen-bond acceptors (Lipinski definition) is 2. The Morgan fingerprint density at radius 3 is 2.83 bits per heavy atom. The fraction of sp³-hybridized carbons (Fsp3) is 0.500. The average Bonchev–Trinajstić information content (AvgIpc) is 2.94. The number of benzene rings is 1. The third kappa shape index (κ3) is 2.07.